The third kappa shape index (κ3) is 5.50. The Kier molecular flexibility index (Phi) is 6.24. The van der Waals surface area contributed by atoms with Crippen molar-refractivity contribution in [3.8, 4) is 0 Å². The lowest BCUT2D eigenvalue weighted by atomic mass is 9.91. The van der Waals surface area contributed by atoms with Gasteiger partial charge in [0.05, 0.1) is 0 Å². The van der Waals surface area contributed by atoms with Gasteiger partial charge in [0.15, 0.2) is 0 Å². The SMILES string of the molecule is CCNC1CCC(NC(=O)CCc2cccc(C)c2)CC1. The maximum absolute atomic E-state index is 12.1. The van der Waals surface area contributed by atoms with Crippen molar-refractivity contribution in [1.82, 2.24) is 10.6 Å². The molecule has 1 aliphatic carbocycles. The predicted octanol–water partition coefficient (Wildman–Crippen LogP) is 2.96. The minimum absolute atomic E-state index is 0.198. The highest BCUT2D eigenvalue weighted by Gasteiger charge is 2.21. The van der Waals surface area contributed by atoms with Crippen LogP contribution >= 0.6 is 0 Å². The third-order valence-corrected chi connectivity index (χ3v) is 4.31. The minimum Gasteiger partial charge on any atom is -0.353 e. The van der Waals surface area contributed by atoms with Crippen LogP contribution in [0, 0.1) is 6.92 Å². The van der Waals surface area contributed by atoms with Crippen LogP contribution in [0.4, 0.5) is 0 Å². The summed E-state index contributed by atoms with van der Waals surface area (Å²) in [4.78, 5) is 12.1. The maximum Gasteiger partial charge on any atom is 0.220 e. The fourth-order valence-electron chi connectivity index (χ4n) is 3.16. The second-order valence-electron chi connectivity index (χ2n) is 6.16. The molecular weight excluding hydrogens is 260 g/mol. The van der Waals surface area contributed by atoms with Crippen LogP contribution in [0.1, 0.15) is 50.2 Å². The lowest BCUT2D eigenvalue weighted by Crippen LogP contribution is -2.42. The molecule has 21 heavy (non-hydrogen) atoms. The fourth-order valence-corrected chi connectivity index (χ4v) is 3.16. The lowest BCUT2D eigenvalue weighted by molar-refractivity contribution is -0.122. The summed E-state index contributed by atoms with van der Waals surface area (Å²) in [7, 11) is 0. The van der Waals surface area contributed by atoms with Crippen molar-refractivity contribution < 1.29 is 4.79 Å². The molecule has 0 saturated heterocycles. The Hall–Kier alpha value is -1.35. The van der Waals surface area contributed by atoms with Gasteiger partial charge >= 0.3 is 0 Å². The van der Waals surface area contributed by atoms with Crippen LogP contribution in [0.5, 0.6) is 0 Å². The molecular formula is C18H28N2O. The van der Waals surface area contributed by atoms with Gasteiger partial charge in [-0.05, 0) is 51.1 Å². The van der Waals surface area contributed by atoms with Crippen LogP contribution in [0.15, 0.2) is 24.3 Å². The molecule has 0 atom stereocenters. The van der Waals surface area contributed by atoms with Gasteiger partial charge in [0.1, 0.15) is 0 Å². The van der Waals surface area contributed by atoms with E-state index in [9.17, 15) is 4.79 Å². The molecule has 3 nitrogen and oxygen atoms in total. The summed E-state index contributed by atoms with van der Waals surface area (Å²) in [6.45, 7) is 5.28. The Balaban J connectivity index is 1.68. The molecule has 0 bridgehead atoms. The average molecular weight is 288 g/mol. The molecule has 0 radical (unpaired) electrons. The topological polar surface area (TPSA) is 41.1 Å². The summed E-state index contributed by atoms with van der Waals surface area (Å²) in [5, 5.41) is 6.70. The van der Waals surface area contributed by atoms with Crippen molar-refractivity contribution in [2.24, 2.45) is 0 Å². The molecule has 0 unspecified atom stereocenters. The van der Waals surface area contributed by atoms with Crippen molar-refractivity contribution in [2.75, 3.05) is 6.54 Å². The molecule has 2 N–H and O–H groups in total. The third-order valence-electron chi connectivity index (χ3n) is 4.31. The second-order valence-corrected chi connectivity index (χ2v) is 6.16. The van der Waals surface area contributed by atoms with E-state index in [1.807, 2.05) is 0 Å². The van der Waals surface area contributed by atoms with E-state index in [-0.39, 0.29) is 5.91 Å². The van der Waals surface area contributed by atoms with Crippen LogP contribution in [0.25, 0.3) is 0 Å². The smallest absolute Gasteiger partial charge is 0.220 e. The quantitative estimate of drug-likeness (QED) is 0.845. The first-order valence-electron chi connectivity index (χ1n) is 8.25. The fraction of sp³-hybridized carbons (Fsp3) is 0.611. The van der Waals surface area contributed by atoms with Gasteiger partial charge in [0, 0.05) is 18.5 Å². The zero-order chi connectivity index (χ0) is 15.1. The van der Waals surface area contributed by atoms with E-state index in [1.54, 1.807) is 0 Å². The largest absolute Gasteiger partial charge is 0.353 e. The minimum atomic E-state index is 0.198. The molecule has 1 saturated carbocycles. The summed E-state index contributed by atoms with van der Waals surface area (Å²) >= 11 is 0. The van der Waals surface area contributed by atoms with Gasteiger partial charge in [-0.2, -0.15) is 0 Å². The lowest BCUT2D eigenvalue weighted by Gasteiger charge is -2.29. The van der Waals surface area contributed by atoms with Crippen molar-refractivity contribution in [1.29, 1.82) is 0 Å². The summed E-state index contributed by atoms with van der Waals surface area (Å²) in [6, 6.07) is 9.44. The summed E-state index contributed by atoms with van der Waals surface area (Å²) in [6.07, 6.45) is 5.99. The van der Waals surface area contributed by atoms with Gasteiger partial charge in [-0.1, -0.05) is 36.8 Å². The van der Waals surface area contributed by atoms with E-state index in [4.69, 9.17) is 0 Å². The van der Waals surface area contributed by atoms with E-state index in [1.165, 1.54) is 24.0 Å². The van der Waals surface area contributed by atoms with Crippen LogP contribution < -0.4 is 10.6 Å². The Morgan fingerprint density at radius 1 is 1.19 bits per heavy atom. The monoisotopic (exact) mass is 288 g/mol. The van der Waals surface area contributed by atoms with E-state index >= 15 is 0 Å². The van der Waals surface area contributed by atoms with Gasteiger partial charge in [0.2, 0.25) is 5.91 Å². The highest BCUT2D eigenvalue weighted by Crippen LogP contribution is 2.18. The van der Waals surface area contributed by atoms with E-state index in [0.717, 1.165) is 25.8 Å². The number of carbonyl (C=O) groups excluding carboxylic acids is 1. The van der Waals surface area contributed by atoms with Gasteiger partial charge < -0.3 is 10.6 Å². The van der Waals surface area contributed by atoms with Gasteiger partial charge in [-0.3, -0.25) is 4.79 Å². The summed E-state index contributed by atoms with van der Waals surface area (Å²) in [5.41, 5.74) is 2.51. The Morgan fingerprint density at radius 3 is 2.57 bits per heavy atom. The molecule has 1 aliphatic rings. The highest BCUT2D eigenvalue weighted by atomic mass is 16.1. The van der Waals surface area contributed by atoms with E-state index < -0.39 is 0 Å². The number of hydrogen-bond donors (Lipinski definition) is 2. The predicted molar refractivity (Wildman–Crippen MR) is 87.4 cm³/mol. The summed E-state index contributed by atoms with van der Waals surface area (Å²) < 4.78 is 0. The number of benzene rings is 1. The Morgan fingerprint density at radius 2 is 1.90 bits per heavy atom. The average Bonchev–Trinajstić information content (AvgIpc) is 2.48. The maximum atomic E-state index is 12.1. The number of carbonyl (C=O) groups is 1. The van der Waals surface area contributed by atoms with Crippen molar-refractivity contribution >= 4 is 5.91 Å². The molecule has 3 heteroatoms. The van der Waals surface area contributed by atoms with Crippen LogP contribution in [0.3, 0.4) is 0 Å². The molecule has 1 aromatic carbocycles. The highest BCUT2D eigenvalue weighted by molar-refractivity contribution is 5.76. The van der Waals surface area contributed by atoms with Crippen molar-refractivity contribution in [3.05, 3.63) is 35.4 Å². The first kappa shape index (κ1) is 16.0. The van der Waals surface area contributed by atoms with Gasteiger partial charge in [0.25, 0.3) is 0 Å². The first-order valence-corrected chi connectivity index (χ1v) is 8.25. The molecule has 0 aliphatic heterocycles. The van der Waals surface area contributed by atoms with Crippen LogP contribution in [-0.4, -0.2) is 24.5 Å². The van der Waals surface area contributed by atoms with Crippen LogP contribution in [0.2, 0.25) is 0 Å². The Labute approximate surface area is 128 Å². The molecule has 1 fully saturated rings. The number of nitrogens with one attached hydrogen (secondary N) is 2. The van der Waals surface area contributed by atoms with Gasteiger partial charge in [-0.25, -0.2) is 0 Å². The number of hydrogen-bond acceptors (Lipinski definition) is 2. The van der Waals surface area contributed by atoms with Gasteiger partial charge in [-0.15, -0.1) is 0 Å². The molecule has 0 aromatic heterocycles. The first-order chi connectivity index (χ1) is 10.2. The second kappa shape index (κ2) is 8.18. The van der Waals surface area contributed by atoms with Crippen molar-refractivity contribution in [3.63, 3.8) is 0 Å². The molecule has 0 spiro atoms. The van der Waals surface area contributed by atoms with Crippen molar-refractivity contribution in [2.45, 2.75) is 64.5 Å². The Bertz CT molecular complexity index is 450. The molecule has 2 rings (SSSR count). The number of rotatable bonds is 6. The summed E-state index contributed by atoms with van der Waals surface area (Å²) in [5.74, 6) is 0.198. The standard InChI is InChI=1S/C18H28N2O/c1-3-19-16-8-10-17(11-9-16)20-18(21)12-7-15-6-4-5-14(2)13-15/h4-6,13,16-17,19H,3,7-12H2,1-2H3,(H,20,21). The zero-order valence-corrected chi connectivity index (χ0v) is 13.3. The molecule has 1 aromatic rings. The van der Waals surface area contributed by atoms with E-state index in [2.05, 4.69) is 48.7 Å². The van der Waals surface area contributed by atoms with E-state index in [0.29, 0.717) is 18.5 Å². The molecule has 0 heterocycles. The normalized spacial score (nSPS) is 22.0. The number of amides is 1. The number of aryl methyl sites for hydroxylation is 2. The zero-order valence-electron chi connectivity index (χ0n) is 13.3. The molecule has 116 valence electrons. The molecule has 1 amide bonds. The van der Waals surface area contributed by atoms with Crippen LogP contribution in [-0.2, 0) is 11.2 Å².